The van der Waals surface area contributed by atoms with Crippen LogP contribution in [0.5, 0.6) is 0 Å². The first-order valence-electron chi connectivity index (χ1n) is 9.05. The van der Waals surface area contributed by atoms with Crippen molar-refractivity contribution in [3.05, 3.63) is 52.6 Å². The molecule has 4 rings (SSSR count). The maximum Gasteiger partial charge on any atom is 0.501 e. The van der Waals surface area contributed by atoms with Crippen molar-refractivity contribution in [2.75, 3.05) is 11.4 Å². The standard InChI is InChI=1S/C19H15F6NO4S/c20-9-3-8-4-10(27)7-26(17(8)12(21)5-9)14-1-2-15(31(29,30)19(23,24)25)16-11(14)6-13(22)18(16)28/h1-3,5,10,13,18,27-28H,4,6-7H2. The Morgan fingerprint density at radius 3 is 2.39 bits per heavy atom. The molecule has 1 aliphatic carbocycles. The molecule has 0 bridgehead atoms. The summed E-state index contributed by atoms with van der Waals surface area (Å²) in [6, 6.07) is 3.08. The van der Waals surface area contributed by atoms with Crippen LogP contribution in [0.2, 0.25) is 0 Å². The lowest BCUT2D eigenvalue weighted by Crippen LogP contribution is -2.36. The smallest absolute Gasteiger partial charge is 0.391 e. The molecule has 2 N–H and O–H groups in total. The molecule has 0 radical (unpaired) electrons. The molecule has 2 aromatic rings. The summed E-state index contributed by atoms with van der Waals surface area (Å²) in [6.45, 7) is -0.263. The summed E-state index contributed by atoms with van der Waals surface area (Å²) in [6.07, 6.45) is -6.08. The third-order valence-electron chi connectivity index (χ3n) is 5.44. The van der Waals surface area contributed by atoms with Gasteiger partial charge in [0, 0.05) is 36.7 Å². The van der Waals surface area contributed by atoms with Crippen molar-refractivity contribution in [3.8, 4) is 0 Å². The third-order valence-corrected chi connectivity index (χ3v) is 6.99. The molecule has 12 heteroatoms. The van der Waals surface area contributed by atoms with Gasteiger partial charge in [-0.3, -0.25) is 0 Å². The quantitative estimate of drug-likeness (QED) is 0.664. The molecule has 1 aliphatic heterocycles. The highest BCUT2D eigenvalue weighted by molar-refractivity contribution is 7.92. The molecule has 168 valence electrons. The molecule has 3 unspecified atom stereocenters. The highest BCUT2D eigenvalue weighted by Gasteiger charge is 2.51. The van der Waals surface area contributed by atoms with E-state index in [-0.39, 0.29) is 35.5 Å². The predicted octanol–water partition coefficient (Wildman–Crippen LogP) is 3.24. The van der Waals surface area contributed by atoms with Crippen molar-refractivity contribution in [2.24, 2.45) is 0 Å². The number of anilines is 2. The second-order valence-corrected chi connectivity index (χ2v) is 9.36. The maximum atomic E-state index is 14.6. The molecule has 0 aromatic heterocycles. The molecule has 0 spiro atoms. The largest absolute Gasteiger partial charge is 0.501 e. The van der Waals surface area contributed by atoms with E-state index in [9.17, 15) is 45.0 Å². The topological polar surface area (TPSA) is 77.8 Å². The lowest BCUT2D eigenvalue weighted by molar-refractivity contribution is -0.0437. The van der Waals surface area contributed by atoms with Gasteiger partial charge < -0.3 is 15.1 Å². The number of aliphatic hydroxyl groups excluding tert-OH is 2. The Hall–Kier alpha value is -2.31. The first-order chi connectivity index (χ1) is 14.3. The van der Waals surface area contributed by atoms with E-state index in [4.69, 9.17) is 0 Å². The second-order valence-electron chi connectivity index (χ2n) is 7.45. The van der Waals surface area contributed by atoms with E-state index in [0.717, 1.165) is 17.0 Å². The van der Waals surface area contributed by atoms with Crippen LogP contribution in [0.1, 0.15) is 22.8 Å². The van der Waals surface area contributed by atoms with Gasteiger partial charge in [0.15, 0.2) is 0 Å². The molecule has 2 aromatic carbocycles. The van der Waals surface area contributed by atoms with Crippen molar-refractivity contribution < 1.29 is 45.0 Å². The van der Waals surface area contributed by atoms with E-state index in [2.05, 4.69) is 0 Å². The van der Waals surface area contributed by atoms with E-state index in [0.29, 0.717) is 12.1 Å². The van der Waals surface area contributed by atoms with E-state index in [1.807, 2.05) is 0 Å². The van der Waals surface area contributed by atoms with Crippen LogP contribution >= 0.6 is 0 Å². The third kappa shape index (κ3) is 3.37. The summed E-state index contributed by atoms with van der Waals surface area (Å²) in [5.41, 5.74) is -6.88. The molecule has 0 amide bonds. The predicted molar refractivity (Wildman–Crippen MR) is 96.3 cm³/mol. The molecule has 1 heterocycles. The number of alkyl halides is 4. The zero-order valence-electron chi connectivity index (χ0n) is 15.5. The van der Waals surface area contributed by atoms with Crippen molar-refractivity contribution in [1.82, 2.24) is 0 Å². The van der Waals surface area contributed by atoms with Crippen LogP contribution in [0.15, 0.2) is 29.2 Å². The van der Waals surface area contributed by atoms with Gasteiger partial charge in [-0.2, -0.15) is 13.2 Å². The first kappa shape index (κ1) is 21.9. The number of benzene rings is 2. The normalized spacial score (nSPS) is 23.6. The molecular weight excluding hydrogens is 452 g/mol. The average molecular weight is 467 g/mol. The fourth-order valence-electron chi connectivity index (χ4n) is 4.19. The summed E-state index contributed by atoms with van der Waals surface area (Å²) in [4.78, 5) is -0.157. The minimum atomic E-state index is -5.91. The van der Waals surface area contributed by atoms with Gasteiger partial charge >= 0.3 is 5.51 Å². The fraction of sp³-hybridized carbons (Fsp3) is 0.368. The number of sulfone groups is 1. The van der Waals surface area contributed by atoms with Gasteiger partial charge in [-0.1, -0.05) is 0 Å². The summed E-state index contributed by atoms with van der Waals surface area (Å²) in [5.74, 6) is -1.92. The molecule has 31 heavy (non-hydrogen) atoms. The molecular formula is C19H15F6NO4S. The lowest BCUT2D eigenvalue weighted by Gasteiger charge is -2.35. The molecule has 0 fully saturated rings. The number of hydrogen-bond donors (Lipinski definition) is 2. The van der Waals surface area contributed by atoms with Gasteiger partial charge in [-0.15, -0.1) is 0 Å². The minimum absolute atomic E-state index is 0.0762. The zero-order valence-corrected chi connectivity index (χ0v) is 16.3. The minimum Gasteiger partial charge on any atom is -0.391 e. The van der Waals surface area contributed by atoms with Crippen LogP contribution in [0.25, 0.3) is 0 Å². The maximum absolute atomic E-state index is 14.6. The summed E-state index contributed by atoms with van der Waals surface area (Å²) < 4.78 is 106. The second kappa shape index (κ2) is 7.10. The van der Waals surface area contributed by atoms with Crippen LogP contribution in [0.3, 0.4) is 0 Å². The van der Waals surface area contributed by atoms with Crippen LogP contribution in [-0.4, -0.2) is 43.0 Å². The lowest BCUT2D eigenvalue weighted by atomic mass is 9.96. The average Bonchev–Trinajstić information content (AvgIpc) is 2.93. The Morgan fingerprint density at radius 1 is 1.06 bits per heavy atom. The summed E-state index contributed by atoms with van der Waals surface area (Å²) >= 11 is 0. The Kier molecular flexibility index (Phi) is 5.02. The molecule has 0 saturated heterocycles. The van der Waals surface area contributed by atoms with Crippen LogP contribution in [0.4, 0.5) is 37.7 Å². The van der Waals surface area contributed by atoms with E-state index < -0.39 is 62.2 Å². The van der Waals surface area contributed by atoms with Gasteiger partial charge in [-0.05, 0) is 29.3 Å². The van der Waals surface area contributed by atoms with Crippen LogP contribution in [-0.2, 0) is 22.7 Å². The number of rotatable bonds is 2. The SMILES string of the molecule is O=S(=O)(c1ccc(N2CC(O)Cc3cc(F)cc(F)c32)c2c1C(O)C(F)C2)C(F)(F)F. The highest BCUT2D eigenvalue weighted by atomic mass is 32.2. The monoisotopic (exact) mass is 467 g/mol. The van der Waals surface area contributed by atoms with Gasteiger partial charge in [-0.25, -0.2) is 21.6 Å². The van der Waals surface area contributed by atoms with Gasteiger partial charge in [0.25, 0.3) is 9.84 Å². The first-order valence-corrected chi connectivity index (χ1v) is 10.5. The van der Waals surface area contributed by atoms with Crippen LogP contribution in [0, 0.1) is 11.6 Å². The number of nitrogens with zero attached hydrogens (tertiary/aromatic N) is 1. The van der Waals surface area contributed by atoms with E-state index in [1.165, 1.54) is 0 Å². The number of hydrogen-bond acceptors (Lipinski definition) is 5. The van der Waals surface area contributed by atoms with Crippen molar-refractivity contribution in [1.29, 1.82) is 0 Å². The number of aliphatic hydroxyl groups is 2. The molecule has 5 nitrogen and oxygen atoms in total. The van der Waals surface area contributed by atoms with Crippen LogP contribution < -0.4 is 4.90 Å². The van der Waals surface area contributed by atoms with Crippen molar-refractivity contribution >= 4 is 21.2 Å². The van der Waals surface area contributed by atoms with Gasteiger partial charge in [0.1, 0.15) is 23.9 Å². The number of fused-ring (bicyclic) bond motifs is 2. The summed E-state index contributed by atoms with van der Waals surface area (Å²) in [5, 5.41) is 20.3. The van der Waals surface area contributed by atoms with Gasteiger partial charge in [0.2, 0.25) is 0 Å². The Bertz CT molecular complexity index is 1170. The summed E-state index contributed by atoms with van der Waals surface area (Å²) in [7, 11) is -5.91. The zero-order chi connectivity index (χ0) is 22.9. The van der Waals surface area contributed by atoms with Crippen molar-refractivity contribution in [2.45, 2.75) is 41.6 Å². The molecule has 3 atom stereocenters. The van der Waals surface area contributed by atoms with Gasteiger partial charge in [0.05, 0.1) is 16.7 Å². The Morgan fingerprint density at radius 2 is 1.74 bits per heavy atom. The molecule has 2 aliphatic rings. The fourth-order valence-corrected chi connectivity index (χ4v) is 5.22. The Labute approximate surface area is 172 Å². The molecule has 0 saturated carbocycles. The number of β-amino-alcohol motifs (C(OH)–C–C–N with tert-alkyl or cyclic N) is 1. The van der Waals surface area contributed by atoms with E-state index >= 15 is 0 Å². The highest BCUT2D eigenvalue weighted by Crippen LogP contribution is 2.48. The van der Waals surface area contributed by atoms with E-state index in [1.54, 1.807) is 0 Å². The van der Waals surface area contributed by atoms with Crippen molar-refractivity contribution in [3.63, 3.8) is 0 Å². The Balaban J connectivity index is 1.96. The number of halogens is 6.